The lowest BCUT2D eigenvalue weighted by Gasteiger charge is -2.07. The summed E-state index contributed by atoms with van der Waals surface area (Å²) in [6.07, 6.45) is 1.54. The molecule has 3 rings (SSSR count). The maximum absolute atomic E-state index is 12.6. The monoisotopic (exact) mass is 348 g/mol. The molecule has 0 saturated heterocycles. The topological polar surface area (TPSA) is 76.0 Å². The van der Waals surface area contributed by atoms with Crippen LogP contribution >= 0.6 is 0 Å². The van der Waals surface area contributed by atoms with Crippen LogP contribution in [-0.2, 0) is 7.05 Å². The van der Waals surface area contributed by atoms with E-state index in [1.54, 1.807) is 19.2 Å². The number of nitrogens with one attached hydrogen (secondary N) is 2. The zero-order valence-corrected chi connectivity index (χ0v) is 14.9. The molecule has 132 valence electrons. The molecule has 2 N–H and O–H groups in total. The van der Waals surface area contributed by atoms with Gasteiger partial charge in [-0.2, -0.15) is 5.10 Å². The second kappa shape index (κ2) is 7.23. The van der Waals surface area contributed by atoms with E-state index in [1.165, 1.54) is 10.9 Å². The minimum absolute atomic E-state index is 0.0826. The first kappa shape index (κ1) is 17.4. The molecule has 1 heterocycles. The summed E-state index contributed by atoms with van der Waals surface area (Å²) in [5.74, 6) is -0.802. The van der Waals surface area contributed by atoms with E-state index < -0.39 is 5.91 Å². The van der Waals surface area contributed by atoms with Crippen molar-refractivity contribution in [2.45, 2.75) is 13.8 Å². The summed E-state index contributed by atoms with van der Waals surface area (Å²) in [5, 5.41) is 9.75. The number of rotatable bonds is 4. The van der Waals surface area contributed by atoms with E-state index in [9.17, 15) is 9.59 Å². The smallest absolute Gasteiger partial charge is 0.276 e. The molecule has 0 atom stereocenters. The minimum Gasteiger partial charge on any atom is -0.322 e. The van der Waals surface area contributed by atoms with Gasteiger partial charge in [-0.25, -0.2) is 0 Å². The van der Waals surface area contributed by atoms with Gasteiger partial charge in [0.25, 0.3) is 11.8 Å². The van der Waals surface area contributed by atoms with Gasteiger partial charge in [0.05, 0.1) is 5.56 Å². The maximum Gasteiger partial charge on any atom is 0.276 e. The van der Waals surface area contributed by atoms with Crippen molar-refractivity contribution in [3.05, 3.63) is 77.1 Å². The molecule has 6 heteroatoms. The number of carbonyl (C=O) groups is 2. The first-order chi connectivity index (χ1) is 12.4. The molecule has 3 aromatic rings. The lowest BCUT2D eigenvalue weighted by Crippen LogP contribution is -2.19. The van der Waals surface area contributed by atoms with Crippen LogP contribution in [-0.4, -0.2) is 21.6 Å². The number of aryl methyl sites for hydroxylation is 3. The largest absolute Gasteiger partial charge is 0.322 e. The van der Waals surface area contributed by atoms with Crippen LogP contribution in [0.4, 0.5) is 11.4 Å². The molecular weight excluding hydrogens is 328 g/mol. The van der Waals surface area contributed by atoms with Gasteiger partial charge in [0, 0.05) is 24.6 Å². The number of hydrogen-bond donors (Lipinski definition) is 2. The molecular formula is C20H20N4O2. The van der Waals surface area contributed by atoms with Crippen LogP contribution in [0.5, 0.6) is 0 Å². The Morgan fingerprint density at radius 1 is 0.885 bits per heavy atom. The van der Waals surface area contributed by atoms with Gasteiger partial charge in [0.2, 0.25) is 0 Å². The Balaban J connectivity index is 1.83. The first-order valence-corrected chi connectivity index (χ1v) is 8.22. The zero-order chi connectivity index (χ0) is 18.7. The van der Waals surface area contributed by atoms with E-state index in [4.69, 9.17) is 0 Å². The number of benzene rings is 2. The number of anilines is 2. The summed E-state index contributed by atoms with van der Waals surface area (Å²) in [4.78, 5) is 25.2. The van der Waals surface area contributed by atoms with Crippen LogP contribution in [0.25, 0.3) is 0 Å². The molecule has 0 aliphatic heterocycles. The third kappa shape index (κ3) is 3.97. The average Bonchev–Trinajstić information content (AvgIpc) is 2.97. The lowest BCUT2D eigenvalue weighted by atomic mass is 10.2. The van der Waals surface area contributed by atoms with Crippen LogP contribution in [0.2, 0.25) is 0 Å². The van der Waals surface area contributed by atoms with Crippen molar-refractivity contribution in [1.29, 1.82) is 0 Å². The van der Waals surface area contributed by atoms with Gasteiger partial charge >= 0.3 is 0 Å². The lowest BCUT2D eigenvalue weighted by molar-refractivity contribution is 0.0988. The predicted octanol–water partition coefficient (Wildman–Crippen LogP) is 3.54. The van der Waals surface area contributed by atoms with Crippen LogP contribution in [0.15, 0.2) is 54.7 Å². The van der Waals surface area contributed by atoms with Crippen molar-refractivity contribution in [3.8, 4) is 0 Å². The summed E-state index contributed by atoms with van der Waals surface area (Å²) in [6, 6.07) is 14.9. The van der Waals surface area contributed by atoms with E-state index in [-0.39, 0.29) is 17.2 Å². The molecule has 2 amide bonds. The zero-order valence-electron chi connectivity index (χ0n) is 14.9. The molecule has 0 aliphatic carbocycles. The molecule has 0 radical (unpaired) electrons. The normalized spacial score (nSPS) is 10.4. The third-order valence-corrected chi connectivity index (χ3v) is 3.84. The van der Waals surface area contributed by atoms with Gasteiger partial charge in [-0.15, -0.1) is 0 Å². The Bertz CT molecular complexity index is 898. The van der Waals surface area contributed by atoms with E-state index in [1.807, 2.05) is 50.2 Å². The Hall–Kier alpha value is -3.41. The molecule has 0 spiro atoms. The van der Waals surface area contributed by atoms with Gasteiger partial charge in [0.15, 0.2) is 5.69 Å². The van der Waals surface area contributed by atoms with E-state index in [2.05, 4.69) is 15.7 Å². The number of amides is 2. The maximum atomic E-state index is 12.6. The van der Waals surface area contributed by atoms with Crippen molar-refractivity contribution < 1.29 is 9.59 Å². The quantitative estimate of drug-likeness (QED) is 0.757. The molecule has 6 nitrogen and oxygen atoms in total. The molecule has 0 aliphatic rings. The van der Waals surface area contributed by atoms with Crippen LogP contribution in [0.1, 0.15) is 32.0 Å². The first-order valence-electron chi connectivity index (χ1n) is 8.22. The summed E-state index contributed by atoms with van der Waals surface area (Å²) >= 11 is 0. The van der Waals surface area contributed by atoms with E-state index in [0.717, 1.165) is 11.1 Å². The fraction of sp³-hybridized carbons (Fsp3) is 0.150. The Kier molecular flexibility index (Phi) is 4.84. The van der Waals surface area contributed by atoms with Crippen molar-refractivity contribution in [3.63, 3.8) is 0 Å². The summed E-state index contributed by atoms with van der Waals surface area (Å²) < 4.78 is 1.45. The van der Waals surface area contributed by atoms with Gasteiger partial charge in [-0.05, 0) is 49.2 Å². The van der Waals surface area contributed by atoms with Crippen LogP contribution in [0.3, 0.4) is 0 Å². The highest BCUT2D eigenvalue weighted by atomic mass is 16.2. The molecule has 2 aromatic carbocycles. The number of aromatic nitrogens is 2. The number of hydrogen-bond acceptors (Lipinski definition) is 3. The number of nitrogens with zero attached hydrogens (tertiary/aromatic N) is 2. The highest BCUT2D eigenvalue weighted by Crippen LogP contribution is 2.16. The molecule has 0 saturated carbocycles. The van der Waals surface area contributed by atoms with Crippen LogP contribution in [0, 0.1) is 13.8 Å². The second-order valence-corrected chi connectivity index (χ2v) is 6.21. The van der Waals surface area contributed by atoms with E-state index in [0.29, 0.717) is 11.4 Å². The van der Waals surface area contributed by atoms with Crippen molar-refractivity contribution in [1.82, 2.24) is 9.78 Å². The molecule has 0 fully saturated rings. The highest BCUT2D eigenvalue weighted by Gasteiger charge is 2.22. The SMILES string of the molecule is Cc1cccc(NC(=O)c2cn(C)nc2C(=O)Nc2cccc(C)c2)c1. The standard InChI is InChI=1S/C20H20N4O2/c1-13-6-4-8-15(10-13)21-19(25)17-12-24(3)23-18(17)20(26)22-16-9-5-7-14(2)11-16/h4-12H,1-3H3,(H,21,25)(H,22,26). The molecule has 0 bridgehead atoms. The van der Waals surface area contributed by atoms with Crippen molar-refractivity contribution in [2.75, 3.05) is 10.6 Å². The van der Waals surface area contributed by atoms with E-state index >= 15 is 0 Å². The van der Waals surface area contributed by atoms with Gasteiger partial charge in [-0.3, -0.25) is 14.3 Å². The molecule has 0 unspecified atom stereocenters. The fourth-order valence-corrected chi connectivity index (χ4v) is 2.66. The summed E-state index contributed by atoms with van der Waals surface area (Å²) in [7, 11) is 1.67. The second-order valence-electron chi connectivity index (χ2n) is 6.21. The van der Waals surface area contributed by atoms with Gasteiger partial charge in [-0.1, -0.05) is 24.3 Å². The Morgan fingerprint density at radius 3 is 1.96 bits per heavy atom. The Labute approximate surface area is 151 Å². The van der Waals surface area contributed by atoms with Crippen molar-refractivity contribution in [2.24, 2.45) is 7.05 Å². The molecule has 26 heavy (non-hydrogen) atoms. The summed E-state index contributed by atoms with van der Waals surface area (Å²) in [6.45, 7) is 3.89. The summed E-state index contributed by atoms with van der Waals surface area (Å²) in [5.41, 5.74) is 3.69. The average molecular weight is 348 g/mol. The van der Waals surface area contributed by atoms with Crippen LogP contribution < -0.4 is 10.6 Å². The Morgan fingerprint density at radius 2 is 1.42 bits per heavy atom. The third-order valence-electron chi connectivity index (χ3n) is 3.84. The minimum atomic E-state index is -0.425. The highest BCUT2D eigenvalue weighted by molar-refractivity contribution is 6.14. The fourth-order valence-electron chi connectivity index (χ4n) is 2.66. The van der Waals surface area contributed by atoms with Gasteiger partial charge in [0.1, 0.15) is 0 Å². The van der Waals surface area contributed by atoms with Crippen molar-refractivity contribution >= 4 is 23.2 Å². The predicted molar refractivity (Wildman–Crippen MR) is 101 cm³/mol. The van der Waals surface area contributed by atoms with Gasteiger partial charge < -0.3 is 10.6 Å². The number of carbonyl (C=O) groups excluding carboxylic acids is 2. The molecule has 1 aromatic heterocycles.